The summed E-state index contributed by atoms with van der Waals surface area (Å²) in [5, 5.41) is 5.92. The second-order valence-electron chi connectivity index (χ2n) is 5.27. The molecule has 0 aliphatic carbocycles. The summed E-state index contributed by atoms with van der Waals surface area (Å²) in [5.41, 5.74) is 0. The van der Waals surface area contributed by atoms with Crippen molar-refractivity contribution in [1.82, 2.24) is 10.6 Å². The van der Waals surface area contributed by atoms with Crippen molar-refractivity contribution >= 4 is 50.4 Å². The zero-order valence-corrected chi connectivity index (χ0v) is 16.1. The van der Waals surface area contributed by atoms with E-state index in [0.717, 1.165) is 0 Å². The van der Waals surface area contributed by atoms with Crippen molar-refractivity contribution in [2.45, 2.75) is 79.6 Å². The van der Waals surface area contributed by atoms with E-state index >= 15 is 0 Å². The summed E-state index contributed by atoms with van der Waals surface area (Å²) in [4.78, 5) is 8.01. The minimum Gasteiger partial charge on any atom is -0.548 e. The van der Waals surface area contributed by atoms with Gasteiger partial charge in [-0.15, -0.1) is 0 Å². The maximum absolute atomic E-state index is 4.00. The summed E-state index contributed by atoms with van der Waals surface area (Å²) in [5.74, 6) is 0. The SMILES string of the molecule is CC(C)N=[C-]NC(C)C.CC(C)N=[C-]NC(C)C.[Ca+2]. The van der Waals surface area contributed by atoms with Crippen molar-refractivity contribution in [3.63, 3.8) is 0 Å². The van der Waals surface area contributed by atoms with Crippen molar-refractivity contribution in [3.05, 3.63) is 0 Å². The summed E-state index contributed by atoms with van der Waals surface area (Å²) in [6, 6.07) is 1.56. The molecule has 0 rings (SSSR count). The van der Waals surface area contributed by atoms with Crippen LogP contribution in [0, 0.1) is 0 Å². The Kier molecular flexibility index (Phi) is 20.7. The maximum Gasteiger partial charge on any atom is 2.00 e. The van der Waals surface area contributed by atoms with Crippen LogP contribution in [0.5, 0.6) is 0 Å². The molecular formula is C14H30CaN4. The van der Waals surface area contributed by atoms with E-state index in [4.69, 9.17) is 0 Å². The molecule has 2 N–H and O–H groups in total. The molecule has 0 fully saturated rings. The second kappa shape index (κ2) is 16.3. The van der Waals surface area contributed by atoms with Crippen LogP contribution < -0.4 is 10.6 Å². The van der Waals surface area contributed by atoms with Crippen LogP contribution in [0.25, 0.3) is 0 Å². The molecule has 0 heterocycles. The van der Waals surface area contributed by atoms with E-state index in [1.807, 2.05) is 27.7 Å². The van der Waals surface area contributed by atoms with Crippen molar-refractivity contribution in [1.29, 1.82) is 0 Å². The third kappa shape index (κ3) is 32.1. The van der Waals surface area contributed by atoms with Crippen LogP contribution in [0.4, 0.5) is 0 Å². The van der Waals surface area contributed by atoms with E-state index in [9.17, 15) is 0 Å². The predicted molar refractivity (Wildman–Crippen MR) is 87.4 cm³/mol. The van der Waals surface area contributed by atoms with Gasteiger partial charge in [-0.05, 0) is 67.5 Å². The fraction of sp³-hybridized carbons (Fsp3) is 0.857. The normalized spacial score (nSPS) is 11.2. The molecule has 19 heavy (non-hydrogen) atoms. The van der Waals surface area contributed by atoms with Gasteiger partial charge in [-0.2, -0.15) is 0 Å². The van der Waals surface area contributed by atoms with E-state index in [1.54, 1.807) is 0 Å². The Morgan fingerprint density at radius 1 is 0.632 bits per heavy atom. The van der Waals surface area contributed by atoms with Crippen molar-refractivity contribution in [2.75, 3.05) is 0 Å². The maximum atomic E-state index is 4.00. The molecule has 0 saturated heterocycles. The Morgan fingerprint density at radius 3 is 1.05 bits per heavy atom. The van der Waals surface area contributed by atoms with Crippen molar-refractivity contribution in [3.8, 4) is 0 Å². The van der Waals surface area contributed by atoms with Crippen LogP contribution >= 0.6 is 0 Å². The number of hydrogen-bond acceptors (Lipinski definition) is 2. The van der Waals surface area contributed by atoms with E-state index in [0.29, 0.717) is 24.2 Å². The van der Waals surface area contributed by atoms with Crippen LogP contribution in [0.1, 0.15) is 55.4 Å². The fourth-order valence-corrected chi connectivity index (χ4v) is 0.591. The van der Waals surface area contributed by atoms with Gasteiger partial charge < -0.3 is 33.3 Å². The number of nitrogens with one attached hydrogen (secondary N) is 2. The molecular weight excluding hydrogens is 264 g/mol. The molecule has 5 heteroatoms. The van der Waals surface area contributed by atoms with Crippen LogP contribution in [0.3, 0.4) is 0 Å². The first-order valence-electron chi connectivity index (χ1n) is 6.66. The van der Waals surface area contributed by atoms with Crippen molar-refractivity contribution in [2.24, 2.45) is 9.98 Å². The first-order chi connectivity index (χ1) is 8.25. The molecule has 0 radical (unpaired) electrons. The summed E-state index contributed by atoms with van der Waals surface area (Å²) in [7, 11) is 0. The molecule has 0 amide bonds. The fourth-order valence-electron chi connectivity index (χ4n) is 0.591. The van der Waals surface area contributed by atoms with Gasteiger partial charge in [0.15, 0.2) is 0 Å². The monoisotopic (exact) mass is 294 g/mol. The van der Waals surface area contributed by atoms with Gasteiger partial charge in [0.25, 0.3) is 0 Å². The predicted octanol–water partition coefficient (Wildman–Crippen LogP) is 2.22. The summed E-state index contributed by atoms with van der Waals surface area (Å²) in [6.07, 6.45) is 5.52. The minimum absolute atomic E-state index is 0. The molecule has 0 aromatic carbocycles. The average molecular weight is 294 g/mol. The van der Waals surface area contributed by atoms with Gasteiger partial charge in [-0.25, -0.2) is 0 Å². The zero-order valence-electron chi connectivity index (χ0n) is 13.9. The topological polar surface area (TPSA) is 48.8 Å². The first-order valence-corrected chi connectivity index (χ1v) is 6.66. The van der Waals surface area contributed by atoms with Crippen LogP contribution in [-0.4, -0.2) is 74.6 Å². The number of rotatable bonds is 6. The number of hydrogen-bond donors (Lipinski definition) is 2. The first kappa shape index (κ1) is 24.2. The molecule has 0 aliphatic heterocycles. The van der Waals surface area contributed by atoms with Crippen molar-refractivity contribution < 1.29 is 0 Å². The van der Waals surface area contributed by atoms with Crippen LogP contribution in [-0.2, 0) is 0 Å². The molecule has 0 aromatic rings. The Balaban J connectivity index is -0.000000256. The molecule has 0 bridgehead atoms. The standard InChI is InChI=1S/2C7H15N2.Ca/c2*1-6(2)8-5-9-7(3)4;/h2*6-7H,1-4H3,(H,8,9);/q2*-1;+2. The van der Waals surface area contributed by atoms with Crippen LogP contribution in [0.15, 0.2) is 9.98 Å². The van der Waals surface area contributed by atoms with Gasteiger partial charge in [0.05, 0.1) is 0 Å². The Morgan fingerprint density at radius 2 is 0.895 bits per heavy atom. The summed E-state index contributed by atoms with van der Waals surface area (Å²) in [6.45, 7) is 16.3. The number of nitrogens with zero attached hydrogens (tertiary/aromatic N) is 2. The largest absolute Gasteiger partial charge is 2.00 e. The average Bonchev–Trinajstić information content (AvgIpc) is 2.15. The molecule has 0 spiro atoms. The van der Waals surface area contributed by atoms with Gasteiger partial charge in [0.1, 0.15) is 0 Å². The van der Waals surface area contributed by atoms with E-state index < -0.39 is 0 Å². The Labute approximate surface area is 149 Å². The van der Waals surface area contributed by atoms with Gasteiger partial charge in [-0.1, -0.05) is 0 Å². The third-order valence-electron chi connectivity index (χ3n) is 1.35. The molecule has 0 atom stereocenters. The van der Waals surface area contributed by atoms with E-state index in [2.05, 4.69) is 61.0 Å². The molecule has 0 unspecified atom stereocenters. The van der Waals surface area contributed by atoms with E-state index in [-0.39, 0.29) is 37.7 Å². The molecule has 0 aliphatic rings. The smallest absolute Gasteiger partial charge is 0.548 e. The molecule has 108 valence electrons. The number of aliphatic imine (C=N–C) groups is 2. The second-order valence-corrected chi connectivity index (χ2v) is 5.27. The summed E-state index contributed by atoms with van der Waals surface area (Å²) >= 11 is 0. The molecule has 4 nitrogen and oxygen atoms in total. The minimum atomic E-state index is 0. The molecule has 0 saturated carbocycles. The third-order valence-corrected chi connectivity index (χ3v) is 1.35. The zero-order chi connectivity index (χ0) is 14.6. The van der Waals surface area contributed by atoms with Gasteiger partial charge in [-0.3, -0.25) is 0 Å². The Bertz CT molecular complexity index is 199. The van der Waals surface area contributed by atoms with Gasteiger partial charge in [0, 0.05) is 12.1 Å². The van der Waals surface area contributed by atoms with Gasteiger partial charge in [0.2, 0.25) is 0 Å². The van der Waals surface area contributed by atoms with Crippen LogP contribution in [0.2, 0.25) is 0 Å². The van der Waals surface area contributed by atoms with E-state index in [1.165, 1.54) is 0 Å². The Hall–Kier alpha value is 0.200. The quantitative estimate of drug-likeness (QED) is 0.259. The summed E-state index contributed by atoms with van der Waals surface area (Å²) < 4.78 is 0. The molecule has 0 aromatic heterocycles. The van der Waals surface area contributed by atoms with Gasteiger partial charge >= 0.3 is 37.7 Å².